The van der Waals surface area contributed by atoms with Gasteiger partial charge in [0, 0.05) is 6.04 Å². The zero-order chi connectivity index (χ0) is 8.15. The van der Waals surface area contributed by atoms with Crippen molar-refractivity contribution < 1.29 is 0 Å². The molecule has 62 valence electrons. The van der Waals surface area contributed by atoms with E-state index in [0.717, 1.165) is 12.0 Å². The van der Waals surface area contributed by atoms with Crippen LogP contribution in [0.4, 0.5) is 0 Å². The van der Waals surface area contributed by atoms with Crippen molar-refractivity contribution in [1.29, 1.82) is 0 Å². The Morgan fingerprint density at radius 2 is 1.70 bits per heavy atom. The highest BCUT2D eigenvalue weighted by molar-refractivity contribution is 4.65. The number of hydrogen-bond acceptors (Lipinski definition) is 1. The third kappa shape index (κ3) is 3.89. The van der Waals surface area contributed by atoms with E-state index in [2.05, 4.69) is 39.8 Å². The third-order valence-electron chi connectivity index (χ3n) is 1.95. The topological polar surface area (TPSA) is 3.24 Å². The van der Waals surface area contributed by atoms with E-state index in [4.69, 9.17) is 0 Å². The van der Waals surface area contributed by atoms with Gasteiger partial charge in [0.25, 0.3) is 0 Å². The molecule has 0 fully saturated rings. The summed E-state index contributed by atoms with van der Waals surface area (Å²) in [6.45, 7) is 6.82. The summed E-state index contributed by atoms with van der Waals surface area (Å²) in [7, 11) is 4.33. The maximum atomic E-state index is 2.32. The lowest BCUT2D eigenvalue weighted by molar-refractivity contribution is 0.248. The van der Waals surface area contributed by atoms with Crippen molar-refractivity contribution in [1.82, 2.24) is 4.90 Å². The Morgan fingerprint density at radius 3 is 1.80 bits per heavy atom. The second kappa shape index (κ2) is 4.73. The Bertz CT molecular complexity index is 76.8. The summed E-state index contributed by atoms with van der Waals surface area (Å²) in [5.41, 5.74) is 0. The van der Waals surface area contributed by atoms with Gasteiger partial charge in [-0.1, -0.05) is 20.8 Å². The minimum absolute atomic E-state index is 0.778. The number of rotatable bonds is 4. The van der Waals surface area contributed by atoms with Gasteiger partial charge in [-0.3, -0.25) is 0 Å². The molecule has 0 N–H and O–H groups in total. The molecule has 0 saturated carbocycles. The van der Waals surface area contributed by atoms with Crippen LogP contribution in [0.5, 0.6) is 0 Å². The van der Waals surface area contributed by atoms with E-state index in [0.29, 0.717) is 0 Å². The maximum absolute atomic E-state index is 2.32. The molecule has 0 aromatic heterocycles. The zero-order valence-electron chi connectivity index (χ0n) is 8.02. The quantitative estimate of drug-likeness (QED) is 0.584. The van der Waals surface area contributed by atoms with Crippen molar-refractivity contribution in [2.45, 2.75) is 39.7 Å². The third-order valence-corrected chi connectivity index (χ3v) is 1.95. The SMILES string of the molecule is CC[C@@H](CC(C)C)N(C)C. The Balaban J connectivity index is 3.60. The van der Waals surface area contributed by atoms with Gasteiger partial charge in [-0.25, -0.2) is 0 Å². The van der Waals surface area contributed by atoms with E-state index in [1.165, 1.54) is 12.8 Å². The Morgan fingerprint density at radius 1 is 1.20 bits per heavy atom. The summed E-state index contributed by atoms with van der Waals surface area (Å²) in [4.78, 5) is 2.32. The van der Waals surface area contributed by atoms with Gasteiger partial charge in [0.05, 0.1) is 0 Å². The smallest absolute Gasteiger partial charge is 0.00889 e. The molecule has 1 atom stereocenters. The maximum Gasteiger partial charge on any atom is 0.00889 e. The van der Waals surface area contributed by atoms with E-state index in [-0.39, 0.29) is 0 Å². The van der Waals surface area contributed by atoms with Gasteiger partial charge < -0.3 is 4.90 Å². The van der Waals surface area contributed by atoms with E-state index < -0.39 is 0 Å². The van der Waals surface area contributed by atoms with E-state index >= 15 is 0 Å². The van der Waals surface area contributed by atoms with Crippen LogP contribution in [0.2, 0.25) is 0 Å². The molecule has 1 heteroatoms. The van der Waals surface area contributed by atoms with Gasteiger partial charge in [-0.05, 0) is 32.9 Å². The van der Waals surface area contributed by atoms with Gasteiger partial charge in [-0.2, -0.15) is 0 Å². The first-order chi connectivity index (χ1) is 4.57. The molecular weight excluding hydrogens is 122 g/mol. The molecule has 0 aliphatic heterocycles. The normalized spacial score (nSPS) is 14.7. The molecule has 0 aromatic carbocycles. The average molecular weight is 143 g/mol. The fourth-order valence-electron chi connectivity index (χ4n) is 1.29. The van der Waals surface area contributed by atoms with Crippen molar-refractivity contribution in [3.05, 3.63) is 0 Å². The van der Waals surface area contributed by atoms with Gasteiger partial charge >= 0.3 is 0 Å². The molecule has 0 aromatic rings. The first-order valence-corrected chi connectivity index (χ1v) is 4.24. The van der Waals surface area contributed by atoms with Crippen molar-refractivity contribution in [3.8, 4) is 0 Å². The van der Waals surface area contributed by atoms with E-state index in [1.54, 1.807) is 0 Å². The van der Waals surface area contributed by atoms with E-state index in [1.807, 2.05) is 0 Å². The summed E-state index contributed by atoms with van der Waals surface area (Å²) >= 11 is 0. The summed E-state index contributed by atoms with van der Waals surface area (Å²) in [6, 6.07) is 0.778. The zero-order valence-corrected chi connectivity index (χ0v) is 8.02. The fourth-order valence-corrected chi connectivity index (χ4v) is 1.29. The highest BCUT2D eigenvalue weighted by atomic mass is 15.1. The number of nitrogens with zero attached hydrogens (tertiary/aromatic N) is 1. The summed E-state index contributed by atoms with van der Waals surface area (Å²) in [5.74, 6) is 0.826. The van der Waals surface area contributed by atoms with Crippen LogP contribution in [-0.2, 0) is 0 Å². The lowest BCUT2D eigenvalue weighted by Gasteiger charge is -2.24. The monoisotopic (exact) mass is 143 g/mol. The summed E-state index contributed by atoms with van der Waals surface area (Å²) < 4.78 is 0. The molecule has 0 radical (unpaired) electrons. The van der Waals surface area contributed by atoms with Gasteiger partial charge in [0.1, 0.15) is 0 Å². The minimum atomic E-state index is 0.778. The van der Waals surface area contributed by atoms with Crippen LogP contribution in [0.15, 0.2) is 0 Å². The average Bonchev–Trinajstić information content (AvgIpc) is 1.81. The Hall–Kier alpha value is -0.0400. The van der Waals surface area contributed by atoms with Crippen LogP contribution < -0.4 is 0 Å². The number of hydrogen-bond donors (Lipinski definition) is 0. The largest absolute Gasteiger partial charge is 0.306 e. The van der Waals surface area contributed by atoms with Crippen LogP contribution in [0.25, 0.3) is 0 Å². The van der Waals surface area contributed by atoms with Crippen molar-refractivity contribution in [2.75, 3.05) is 14.1 Å². The standard InChI is InChI=1S/C9H21N/c1-6-9(10(4)5)7-8(2)3/h8-9H,6-7H2,1-5H3/t9-/m0/s1. The second-order valence-corrected chi connectivity index (χ2v) is 3.66. The molecular formula is C9H21N. The molecule has 0 spiro atoms. The van der Waals surface area contributed by atoms with Crippen LogP contribution >= 0.6 is 0 Å². The predicted octanol–water partition coefficient (Wildman–Crippen LogP) is 2.37. The molecule has 1 nitrogen and oxygen atoms in total. The highest BCUT2D eigenvalue weighted by Gasteiger charge is 2.09. The minimum Gasteiger partial charge on any atom is -0.306 e. The van der Waals surface area contributed by atoms with Crippen molar-refractivity contribution >= 4 is 0 Å². The molecule has 0 saturated heterocycles. The molecule has 0 aliphatic rings. The van der Waals surface area contributed by atoms with E-state index in [9.17, 15) is 0 Å². The molecule has 0 heterocycles. The van der Waals surface area contributed by atoms with Gasteiger partial charge in [0.2, 0.25) is 0 Å². The summed E-state index contributed by atoms with van der Waals surface area (Å²) in [5, 5.41) is 0. The van der Waals surface area contributed by atoms with Crippen molar-refractivity contribution in [3.63, 3.8) is 0 Å². The van der Waals surface area contributed by atoms with Crippen LogP contribution in [0.3, 0.4) is 0 Å². The Labute approximate surface area is 65.4 Å². The second-order valence-electron chi connectivity index (χ2n) is 3.66. The van der Waals surface area contributed by atoms with Crippen LogP contribution in [0, 0.1) is 5.92 Å². The molecule has 10 heavy (non-hydrogen) atoms. The lowest BCUT2D eigenvalue weighted by Crippen LogP contribution is -2.28. The fraction of sp³-hybridized carbons (Fsp3) is 1.00. The lowest BCUT2D eigenvalue weighted by atomic mass is 10.0. The first-order valence-electron chi connectivity index (χ1n) is 4.24. The van der Waals surface area contributed by atoms with Gasteiger partial charge in [-0.15, -0.1) is 0 Å². The molecule has 0 aliphatic carbocycles. The van der Waals surface area contributed by atoms with Gasteiger partial charge in [0.15, 0.2) is 0 Å². The van der Waals surface area contributed by atoms with Crippen LogP contribution in [-0.4, -0.2) is 25.0 Å². The molecule has 0 bridgehead atoms. The highest BCUT2D eigenvalue weighted by Crippen LogP contribution is 2.11. The molecule has 0 rings (SSSR count). The molecule has 0 amide bonds. The first kappa shape index (κ1) is 9.96. The predicted molar refractivity (Wildman–Crippen MR) is 47.2 cm³/mol. The van der Waals surface area contributed by atoms with Crippen LogP contribution in [0.1, 0.15) is 33.6 Å². The van der Waals surface area contributed by atoms with Crippen molar-refractivity contribution in [2.24, 2.45) is 5.92 Å². The molecule has 0 unspecified atom stereocenters. The summed E-state index contributed by atoms with van der Waals surface area (Å²) in [6.07, 6.45) is 2.59. The Kier molecular flexibility index (Phi) is 4.71.